The van der Waals surface area contributed by atoms with Gasteiger partial charge in [-0.15, -0.1) is 12.4 Å². The van der Waals surface area contributed by atoms with E-state index < -0.39 is 21.7 Å². The number of nitrogens with zero attached hydrogens (tertiary/aromatic N) is 2. The number of nitrogens with two attached hydrogens (primary N) is 1. The summed E-state index contributed by atoms with van der Waals surface area (Å²) in [5.41, 5.74) is 4.93. The normalized spacial score (nSPS) is 18.6. The fourth-order valence-corrected chi connectivity index (χ4v) is 2.57. The van der Waals surface area contributed by atoms with Crippen molar-refractivity contribution < 1.29 is 17.9 Å². The molecule has 1 amide bonds. The number of carbonyl (C=O) groups is 1. The molecule has 1 atom stereocenters. The van der Waals surface area contributed by atoms with Gasteiger partial charge in [0.05, 0.1) is 0 Å². The van der Waals surface area contributed by atoms with E-state index in [1.54, 1.807) is 9.80 Å². The average Bonchev–Trinajstić information content (AvgIpc) is 2.28. The van der Waals surface area contributed by atoms with Gasteiger partial charge in [-0.2, -0.15) is 0 Å². The lowest BCUT2D eigenvalue weighted by atomic mass is 10.2. The molecule has 9 heteroatoms. The third-order valence-electron chi connectivity index (χ3n) is 2.84. The number of carbonyl (C=O) groups excluding carboxylic acids is 1. The highest BCUT2D eigenvalue weighted by molar-refractivity contribution is 7.73. The standard InChI is InChI=1S/C11H23N3O4S.ClH/c1-11(2,3)18-10(15)14-6-4-13(5-7-14)9(8-12)19(16)17;/h9,19H,4-8,12H2,1-3H3;1H. The van der Waals surface area contributed by atoms with Gasteiger partial charge in [-0.1, -0.05) is 0 Å². The molecule has 120 valence electrons. The maximum Gasteiger partial charge on any atom is 0.410 e. The highest BCUT2D eigenvalue weighted by Gasteiger charge is 2.29. The Labute approximate surface area is 127 Å². The molecule has 0 aromatic rings. The van der Waals surface area contributed by atoms with Crippen LogP contribution in [0.3, 0.4) is 0 Å². The molecule has 1 fully saturated rings. The number of rotatable bonds is 3. The van der Waals surface area contributed by atoms with Crippen molar-refractivity contribution in [3.05, 3.63) is 0 Å². The quantitative estimate of drug-likeness (QED) is 0.700. The van der Waals surface area contributed by atoms with E-state index in [9.17, 15) is 13.2 Å². The first-order chi connectivity index (χ1) is 8.74. The van der Waals surface area contributed by atoms with Gasteiger partial charge in [-0.05, 0) is 20.8 Å². The van der Waals surface area contributed by atoms with E-state index in [4.69, 9.17) is 10.5 Å². The SMILES string of the molecule is CC(C)(C)OC(=O)N1CCN(C(CN)[SH](=O)=O)CC1.Cl. The highest BCUT2D eigenvalue weighted by atomic mass is 35.5. The Morgan fingerprint density at radius 3 is 2.10 bits per heavy atom. The van der Waals surface area contributed by atoms with Gasteiger partial charge in [0.1, 0.15) is 11.0 Å². The number of hydrogen-bond acceptors (Lipinski definition) is 6. The third-order valence-corrected chi connectivity index (χ3v) is 3.87. The molecule has 20 heavy (non-hydrogen) atoms. The van der Waals surface area contributed by atoms with Gasteiger partial charge in [0.2, 0.25) is 0 Å². The van der Waals surface area contributed by atoms with Crippen molar-refractivity contribution in [2.45, 2.75) is 31.7 Å². The van der Waals surface area contributed by atoms with Crippen LogP contribution in [0.4, 0.5) is 4.79 Å². The zero-order valence-electron chi connectivity index (χ0n) is 12.1. The summed E-state index contributed by atoms with van der Waals surface area (Å²) >= 11 is 0. The molecular formula is C11H24ClN3O4S. The largest absolute Gasteiger partial charge is 0.444 e. The topological polar surface area (TPSA) is 92.9 Å². The van der Waals surface area contributed by atoms with Crippen LogP contribution in [0.15, 0.2) is 0 Å². The van der Waals surface area contributed by atoms with Crippen LogP contribution in [-0.2, 0) is 15.4 Å². The molecule has 1 unspecified atom stereocenters. The monoisotopic (exact) mass is 329 g/mol. The van der Waals surface area contributed by atoms with Crippen LogP contribution in [0.25, 0.3) is 0 Å². The number of amides is 1. The Morgan fingerprint density at radius 1 is 1.25 bits per heavy atom. The number of ether oxygens (including phenoxy) is 1. The molecular weight excluding hydrogens is 306 g/mol. The smallest absolute Gasteiger partial charge is 0.410 e. The zero-order chi connectivity index (χ0) is 14.6. The summed E-state index contributed by atoms with van der Waals surface area (Å²) in [6.07, 6.45) is -0.358. The van der Waals surface area contributed by atoms with Gasteiger partial charge < -0.3 is 15.4 Å². The van der Waals surface area contributed by atoms with Crippen LogP contribution in [0, 0.1) is 0 Å². The average molecular weight is 330 g/mol. The lowest BCUT2D eigenvalue weighted by Gasteiger charge is -2.37. The fraction of sp³-hybridized carbons (Fsp3) is 0.909. The molecule has 1 rings (SSSR count). The lowest BCUT2D eigenvalue weighted by molar-refractivity contribution is 0.0137. The van der Waals surface area contributed by atoms with Gasteiger partial charge in [-0.25, -0.2) is 13.2 Å². The summed E-state index contributed by atoms with van der Waals surface area (Å²) < 4.78 is 27.4. The van der Waals surface area contributed by atoms with Crippen molar-refractivity contribution in [1.82, 2.24) is 9.80 Å². The summed E-state index contributed by atoms with van der Waals surface area (Å²) in [4.78, 5) is 15.2. The van der Waals surface area contributed by atoms with Gasteiger partial charge in [0, 0.05) is 32.7 Å². The van der Waals surface area contributed by atoms with Crippen molar-refractivity contribution in [2.24, 2.45) is 5.73 Å². The van der Waals surface area contributed by atoms with Crippen LogP contribution in [0.5, 0.6) is 0 Å². The summed E-state index contributed by atoms with van der Waals surface area (Å²) in [5, 5.41) is -0.643. The Bertz CT molecular complexity index is 382. The maximum atomic E-state index is 11.8. The lowest BCUT2D eigenvalue weighted by Crippen LogP contribution is -2.54. The first-order valence-corrected chi connectivity index (χ1v) is 7.55. The highest BCUT2D eigenvalue weighted by Crippen LogP contribution is 2.13. The Hall–Kier alpha value is -0.570. The number of thiol groups is 1. The van der Waals surface area contributed by atoms with Crippen molar-refractivity contribution in [3.63, 3.8) is 0 Å². The first-order valence-electron chi connectivity index (χ1n) is 6.30. The van der Waals surface area contributed by atoms with Gasteiger partial charge in [-0.3, -0.25) is 4.90 Å². The maximum absolute atomic E-state index is 11.8. The fourth-order valence-electron chi connectivity index (χ4n) is 1.90. The predicted molar refractivity (Wildman–Crippen MR) is 79.8 cm³/mol. The minimum Gasteiger partial charge on any atom is -0.444 e. The molecule has 1 saturated heterocycles. The molecule has 0 aromatic heterocycles. The Kier molecular flexibility index (Phi) is 7.79. The van der Waals surface area contributed by atoms with Crippen LogP contribution < -0.4 is 5.73 Å². The van der Waals surface area contributed by atoms with Crippen LogP contribution in [-0.4, -0.2) is 68.0 Å². The Morgan fingerprint density at radius 2 is 1.75 bits per heavy atom. The van der Waals surface area contributed by atoms with E-state index in [-0.39, 0.29) is 25.0 Å². The van der Waals surface area contributed by atoms with Crippen LogP contribution >= 0.6 is 12.4 Å². The molecule has 1 aliphatic rings. The summed E-state index contributed by atoms with van der Waals surface area (Å²) in [6, 6.07) is 0. The second kappa shape index (κ2) is 8.02. The predicted octanol–water partition coefficient (Wildman–Crippen LogP) is -0.143. The van der Waals surface area contributed by atoms with E-state index in [1.165, 1.54) is 0 Å². The van der Waals surface area contributed by atoms with E-state index in [1.807, 2.05) is 20.8 Å². The molecule has 2 N–H and O–H groups in total. The summed E-state index contributed by atoms with van der Waals surface area (Å²) in [7, 11) is -2.57. The number of halogens is 1. The number of hydrogen-bond donors (Lipinski definition) is 2. The van der Waals surface area contributed by atoms with Crippen molar-refractivity contribution in [2.75, 3.05) is 32.7 Å². The van der Waals surface area contributed by atoms with E-state index >= 15 is 0 Å². The molecule has 0 aliphatic carbocycles. The molecule has 0 spiro atoms. The van der Waals surface area contributed by atoms with Gasteiger partial charge >= 0.3 is 6.09 Å². The van der Waals surface area contributed by atoms with E-state index in [2.05, 4.69) is 0 Å². The van der Waals surface area contributed by atoms with Crippen molar-refractivity contribution in [3.8, 4) is 0 Å². The molecule has 0 saturated carbocycles. The van der Waals surface area contributed by atoms with Gasteiger partial charge in [0.15, 0.2) is 10.7 Å². The van der Waals surface area contributed by atoms with Crippen molar-refractivity contribution in [1.29, 1.82) is 0 Å². The molecule has 1 heterocycles. The van der Waals surface area contributed by atoms with Crippen LogP contribution in [0.2, 0.25) is 0 Å². The number of piperazine rings is 1. The van der Waals surface area contributed by atoms with E-state index in [0.29, 0.717) is 26.2 Å². The summed E-state index contributed by atoms with van der Waals surface area (Å²) in [5.74, 6) is 0. The first kappa shape index (κ1) is 19.4. The van der Waals surface area contributed by atoms with Gasteiger partial charge in [0.25, 0.3) is 0 Å². The molecule has 7 nitrogen and oxygen atoms in total. The van der Waals surface area contributed by atoms with Crippen molar-refractivity contribution >= 4 is 29.2 Å². The molecule has 0 radical (unpaired) electrons. The van der Waals surface area contributed by atoms with Crippen LogP contribution in [0.1, 0.15) is 20.8 Å². The minimum absolute atomic E-state index is 0. The zero-order valence-corrected chi connectivity index (χ0v) is 13.8. The molecule has 0 bridgehead atoms. The second-order valence-electron chi connectivity index (χ2n) is 5.51. The third kappa shape index (κ3) is 5.82. The second-order valence-corrected chi connectivity index (χ2v) is 6.67. The molecule has 0 aromatic carbocycles. The molecule has 1 aliphatic heterocycles. The Balaban J connectivity index is 0.00000361. The van der Waals surface area contributed by atoms with E-state index in [0.717, 1.165) is 0 Å². The summed E-state index contributed by atoms with van der Waals surface area (Å²) in [6.45, 7) is 7.40. The minimum atomic E-state index is -2.57.